The number of carboxylic acids is 1. The Morgan fingerprint density at radius 2 is 1.31 bits per heavy atom. The highest BCUT2D eigenvalue weighted by molar-refractivity contribution is 5.87. The van der Waals surface area contributed by atoms with Gasteiger partial charge in [0.15, 0.2) is 31.3 Å². The summed E-state index contributed by atoms with van der Waals surface area (Å²) in [4.78, 5) is 54.2. The Morgan fingerprint density at radius 1 is 0.682 bits per heavy atom. The highest BCUT2D eigenvalue weighted by atomic mass is 16.8. The average Bonchev–Trinajstić information content (AvgIpc) is 0.681. The molecule has 4 saturated carbocycles. The number of esters is 3. The first kappa shape index (κ1) is 68.9. The molecule has 13 N–H and O–H groups in total. The van der Waals surface area contributed by atoms with E-state index in [-0.39, 0.29) is 25.4 Å². The first-order valence-corrected chi connectivity index (χ1v) is 30.4. The lowest BCUT2D eigenvalue weighted by Crippen LogP contribution is -2.72. The van der Waals surface area contributed by atoms with Crippen LogP contribution in [0.2, 0.25) is 0 Å². The Morgan fingerprint density at radius 3 is 1.93 bits per heavy atom. The fourth-order valence-electron chi connectivity index (χ4n) is 17.2. The third-order valence-electron chi connectivity index (χ3n) is 22.5. The first-order valence-electron chi connectivity index (χ1n) is 30.4. The average molecular weight is 1260 g/mol. The van der Waals surface area contributed by atoms with E-state index in [1.54, 1.807) is 26.8 Å². The van der Waals surface area contributed by atoms with Crippen LogP contribution in [0.5, 0.6) is 0 Å². The zero-order valence-electron chi connectivity index (χ0n) is 51.3. The van der Waals surface area contributed by atoms with Gasteiger partial charge in [-0.3, -0.25) is 9.59 Å². The third-order valence-corrected chi connectivity index (χ3v) is 22.5. The molecule has 5 aliphatic carbocycles. The van der Waals surface area contributed by atoms with Crippen LogP contribution in [0.1, 0.15) is 107 Å². The zero-order valence-corrected chi connectivity index (χ0v) is 51.3. The minimum absolute atomic E-state index is 0.0385. The van der Waals surface area contributed by atoms with Crippen molar-refractivity contribution >= 4 is 23.9 Å². The second-order valence-electron chi connectivity index (χ2n) is 27.6. The van der Waals surface area contributed by atoms with Crippen LogP contribution in [-0.2, 0) is 71.3 Å². The number of allylic oxidation sites excluding steroid dienone is 3. The van der Waals surface area contributed by atoms with Crippen LogP contribution >= 0.6 is 0 Å². The Labute approximate surface area is 509 Å². The predicted octanol–water partition coefficient (Wildman–Crippen LogP) is -2.04. The molecule has 3 unspecified atom stereocenters. The van der Waals surface area contributed by atoms with Crippen LogP contribution in [0.3, 0.4) is 0 Å². The summed E-state index contributed by atoms with van der Waals surface area (Å²) in [7, 11) is 1.20. The second-order valence-corrected chi connectivity index (χ2v) is 27.6. The lowest BCUT2D eigenvalue weighted by molar-refractivity contribution is -0.399. The molecule has 0 radical (unpaired) electrons. The maximum Gasteiger partial charge on any atom is 0.335 e. The summed E-state index contributed by atoms with van der Waals surface area (Å²) in [6.45, 7) is 13.9. The molecule has 0 aromatic carbocycles. The van der Waals surface area contributed by atoms with Crippen molar-refractivity contribution in [3.05, 3.63) is 23.3 Å². The SMILES string of the molecule is C/C=C(/C)C(=O)O[C@H]1[C@H](O)[C@@]2(COC(C)=O)C(CC1(C)C)C1=CCC3[C@@]4(C)CC[C@H](O[C@@H]5O[C@H](C(=O)O)[C@@H](O)[C@H](O[C@@H]6OC[C@H](O)[C@H](O)[C@H]6O[C@@H]6OC[C@@H](O)[C@H](O)[C@H]6O)[C@H]5O[C@@H]5O[C@H](CO)[C@H](O)[C@H](O)[C@H]5O)[C@@](C)(C(=O)OC)C4CC[C@@]3(C)[C@]1(C)C[C@H]2O. The summed E-state index contributed by atoms with van der Waals surface area (Å²) in [5, 5.41) is 145. The normalized spacial score (nSPS) is 50.2. The minimum Gasteiger partial charge on any atom is -0.479 e. The molecule has 28 heteroatoms. The molecule has 4 saturated heterocycles. The summed E-state index contributed by atoms with van der Waals surface area (Å²) in [5.41, 5.74) is -4.88. The summed E-state index contributed by atoms with van der Waals surface area (Å²) >= 11 is 0. The zero-order chi connectivity index (χ0) is 64.9. The molecule has 4 heterocycles. The van der Waals surface area contributed by atoms with Crippen molar-refractivity contribution in [1.29, 1.82) is 0 Å². The number of fused-ring (bicyclic) bond motifs is 7. The van der Waals surface area contributed by atoms with Crippen LogP contribution in [0, 0.1) is 50.2 Å². The maximum atomic E-state index is 15.0. The maximum absolute atomic E-state index is 15.0. The number of aliphatic hydroxyl groups is 12. The van der Waals surface area contributed by atoms with Gasteiger partial charge in [0.05, 0.1) is 50.0 Å². The number of ether oxygens (including phenoxy) is 11. The van der Waals surface area contributed by atoms with E-state index in [2.05, 4.69) is 26.8 Å². The molecule has 0 spiro atoms. The standard InChI is InChI=1S/C60H92O28/c1-11-24(2)49(76)88-47-46(73)60(23-81-25(3)62)27(18-55(47,4)5)26-12-13-31-56(6)16-15-34(59(9,54(77)78-10)32(56)14-17-57(31,7)58(26,8)19-33(60)65)83-53-45(87-51-40(71)38(69)37(68)30(20-61)82-51)42(41(72)43(85-53)48(74)75)84-52-44(36(67)29(64)22-80-52)86-50-39(70)35(66)28(63)21-79-50/h11-12,27-47,50-53,61,63-73H,13-23H2,1-10H3,(H,74,75)/b24-11-/t27?,28-,29+,30-,31?,32?,33-,34+,35+,36+,37+,38+,39-,40-,41+,42+,43+,44-,45-,46+,47+,50+,51+,52+,53-,56-,57-,58-,59+,60+/m1/s1. The molecule has 9 rings (SSSR count). The smallest absolute Gasteiger partial charge is 0.335 e. The number of rotatable bonds is 15. The molecule has 500 valence electrons. The van der Waals surface area contributed by atoms with Gasteiger partial charge in [0, 0.05) is 17.9 Å². The van der Waals surface area contributed by atoms with Crippen LogP contribution in [-0.4, -0.2) is 259 Å². The van der Waals surface area contributed by atoms with Crippen molar-refractivity contribution in [2.24, 2.45) is 50.2 Å². The minimum atomic E-state index is -2.31. The van der Waals surface area contributed by atoms with Gasteiger partial charge in [-0.05, 0) is 99.7 Å². The van der Waals surface area contributed by atoms with Gasteiger partial charge in [-0.2, -0.15) is 0 Å². The summed E-state index contributed by atoms with van der Waals surface area (Å²) in [6, 6.07) is 0. The third kappa shape index (κ3) is 11.3. The molecular formula is C60H92O28. The van der Waals surface area contributed by atoms with Crippen molar-refractivity contribution in [3.8, 4) is 0 Å². The fourth-order valence-corrected chi connectivity index (χ4v) is 17.2. The Kier molecular flexibility index (Phi) is 19.9. The summed E-state index contributed by atoms with van der Waals surface area (Å²) in [5.74, 6) is -5.15. The van der Waals surface area contributed by atoms with Gasteiger partial charge < -0.3 is 118 Å². The van der Waals surface area contributed by atoms with Crippen molar-refractivity contribution in [2.75, 3.05) is 33.5 Å². The summed E-state index contributed by atoms with van der Waals surface area (Å²) < 4.78 is 65.8. The van der Waals surface area contributed by atoms with Gasteiger partial charge in [-0.1, -0.05) is 52.3 Å². The predicted molar refractivity (Wildman–Crippen MR) is 295 cm³/mol. The second kappa shape index (κ2) is 25.5. The molecule has 0 bridgehead atoms. The number of hydrogen-bond acceptors (Lipinski definition) is 27. The Bertz CT molecular complexity index is 2620. The number of aliphatic hydroxyl groups excluding tert-OH is 12. The summed E-state index contributed by atoms with van der Waals surface area (Å²) in [6.07, 6.45) is -34.4. The van der Waals surface area contributed by atoms with Crippen LogP contribution in [0.25, 0.3) is 0 Å². The van der Waals surface area contributed by atoms with Crippen molar-refractivity contribution in [1.82, 2.24) is 0 Å². The number of carboxylic acid groups (broad SMARTS) is 1. The molecule has 4 aliphatic heterocycles. The molecule has 28 nitrogen and oxygen atoms in total. The first-order chi connectivity index (χ1) is 41.1. The van der Waals surface area contributed by atoms with E-state index < -0.39 is 223 Å². The van der Waals surface area contributed by atoms with Gasteiger partial charge in [0.25, 0.3) is 0 Å². The lowest BCUT2D eigenvalue weighted by Gasteiger charge is -2.72. The molecule has 8 fully saturated rings. The van der Waals surface area contributed by atoms with E-state index in [9.17, 15) is 85.6 Å². The molecule has 88 heavy (non-hydrogen) atoms. The molecule has 0 aromatic rings. The van der Waals surface area contributed by atoms with Gasteiger partial charge in [0.1, 0.15) is 98.2 Å². The highest BCUT2D eigenvalue weighted by Crippen LogP contribution is 2.76. The number of carbonyl (C=O) groups is 4. The molecule has 9 aliphatic rings. The van der Waals surface area contributed by atoms with E-state index in [1.807, 2.05) is 13.8 Å². The topological polar surface area (TPSA) is 433 Å². The van der Waals surface area contributed by atoms with Crippen molar-refractivity contribution in [3.63, 3.8) is 0 Å². The molecule has 30 atom stereocenters. The highest BCUT2D eigenvalue weighted by Gasteiger charge is 2.75. The Hall–Kier alpha value is -3.44. The number of aliphatic carboxylic acids is 1. The van der Waals surface area contributed by atoms with Gasteiger partial charge in [-0.15, -0.1) is 0 Å². The Balaban J connectivity index is 1.07. The van der Waals surface area contributed by atoms with Crippen LogP contribution in [0.15, 0.2) is 23.3 Å². The fraction of sp³-hybridized carbons (Fsp3) is 0.867. The van der Waals surface area contributed by atoms with Gasteiger partial charge in [0.2, 0.25) is 0 Å². The van der Waals surface area contributed by atoms with Gasteiger partial charge >= 0.3 is 23.9 Å². The number of carbonyl (C=O) groups excluding carboxylic acids is 3. The van der Waals surface area contributed by atoms with E-state index in [0.29, 0.717) is 37.7 Å². The number of hydrogen-bond donors (Lipinski definition) is 13. The van der Waals surface area contributed by atoms with E-state index in [1.165, 1.54) is 14.0 Å². The number of methoxy groups -OCH3 is 1. The lowest BCUT2D eigenvalue weighted by atomic mass is 9.33. The van der Waals surface area contributed by atoms with E-state index >= 15 is 0 Å². The van der Waals surface area contributed by atoms with Crippen LogP contribution < -0.4 is 0 Å². The van der Waals surface area contributed by atoms with E-state index in [0.717, 1.165) is 5.57 Å². The van der Waals surface area contributed by atoms with Crippen LogP contribution in [0.4, 0.5) is 0 Å². The molecule has 0 aromatic heterocycles. The molecule has 0 amide bonds. The van der Waals surface area contributed by atoms with Gasteiger partial charge in [-0.25, -0.2) is 9.59 Å². The monoisotopic (exact) mass is 1260 g/mol. The van der Waals surface area contributed by atoms with Crippen molar-refractivity contribution < 1.29 is 138 Å². The molecular weight excluding hydrogens is 1170 g/mol. The van der Waals surface area contributed by atoms with Crippen molar-refractivity contribution in [2.45, 2.75) is 242 Å². The largest absolute Gasteiger partial charge is 0.479 e. The quantitative estimate of drug-likeness (QED) is 0.0276. The van der Waals surface area contributed by atoms with E-state index in [4.69, 9.17) is 52.1 Å².